The number of alkyl halides is 4. The minimum atomic E-state index is -4.92. The smallest absolute Gasteiger partial charge is 0.361 e. The van der Waals surface area contributed by atoms with Crippen molar-refractivity contribution >= 4 is 17.5 Å². The number of amides is 2. The Morgan fingerprint density at radius 3 is 2.31 bits per heavy atom. The van der Waals surface area contributed by atoms with Gasteiger partial charge in [-0.15, -0.1) is 0 Å². The van der Waals surface area contributed by atoms with Gasteiger partial charge in [0.1, 0.15) is 11.2 Å². The van der Waals surface area contributed by atoms with E-state index in [-0.39, 0.29) is 0 Å². The van der Waals surface area contributed by atoms with Crippen LogP contribution in [0.25, 0.3) is 0 Å². The number of carbonyl (C=O) groups excluding carboxylic acids is 2. The molecule has 2 N–H and O–H groups in total. The molecule has 7 nitrogen and oxygen atoms in total. The summed E-state index contributed by atoms with van der Waals surface area (Å²) in [7, 11) is 0. The van der Waals surface area contributed by atoms with E-state index in [1.807, 2.05) is 0 Å². The molecule has 0 aliphatic carbocycles. The third kappa shape index (κ3) is 2.11. The number of hydrogen-bond donors (Lipinski definition) is 2. The lowest BCUT2D eigenvalue weighted by Crippen LogP contribution is -2.64. The van der Waals surface area contributed by atoms with Crippen molar-refractivity contribution in [3.8, 4) is 6.07 Å². The van der Waals surface area contributed by atoms with Gasteiger partial charge in [-0.3, -0.25) is 9.59 Å². The predicted molar refractivity (Wildman–Crippen MR) is 85.6 cm³/mol. The van der Waals surface area contributed by atoms with Crippen molar-refractivity contribution in [1.82, 2.24) is 0 Å². The van der Waals surface area contributed by atoms with Crippen LogP contribution in [-0.2, 0) is 20.5 Å². The van der Waals surface area contributed by atoms with Crippen LogP contribution in [0.4, 0.5) is 23.2 Å². The third-order valence-electron chi connectivity index (χ3n) is 6.22. The summed E-state index contributed by atoms with van der Waals surface area (Å²) in [6.07, 6.45) is -7.34. The van der Waals surface area contributed by atoms with Gasteiger partial charge in [0.2, 0.25) is 17.6 Å². The molecule has 11 heteroatoms. The normalized spacial score (nSPS) is 37.8. The number of aliphatic hydroxyl groups is 2. The van der Waals surface area contributed by atoms with Crippen LogP contribution in [0.1, 0.15) is 25.0 Å². The van der Waals surface area contributed by atoms with Gasteiger partial charge in [-0.05, 0) is 32.0 Å². The first-order valence-electron chi connectivity index (χ1n) is 8.50. The molecule has 29 heavy (non-hydrogen) atoms. The number of fused-ring (bicyclic) bond motifs is 5. The number of nitriles is 1. The molecule has 154 valence electrons. The van der Waals surface area contributed by atoms with Gasteiger partial charge in [-0.1, -0.05) is 0 Å². The van der Waals surface area contributed by atoms with Gasteiger partial charge in [-0.2, -0.15) is 18.4 Å². The van der Waals surface area contributed by atoms with Crippen molar-refractivity contribution in [2.24, 2.45) is 11.8 Å². The summed E-state index contributed by atoms with van der Waals surface area (Å²) in [5.74, 6) is -8.08. The Hall–Kier alpha value is -2.55. The van der Waals surface area contributed by atoms with Crippen molar-refractivity contribution < 1.29 is 42.1 Å². The second-order valence-corrected chi connectivity index (χ2v) is 7.79. The maximum Gasteiger partial charge on any atom is 0.417 e. The Balaban J connectivity index is 1.84. The molecule has 3 aliphatic heterocycles. The number of rotatable bonds is 1. The topological polar surface area (TPSA) is 111 Å². The summed E-state index contributed by atoms with van der Waals surface area (Å²) in [6, 6.07) is 3.70. The van der Waals surface area contributed by atoms with Gasteiger partial charge in [0.05, 0.1) is 34.7 Å². The fourth-order valence-electron chi connectivity index (χ4n) is 4.81. The van der Waals surface area contributed by atoms with E-state index in [2.05, 4.69) is 0 Å². The second kappa shape index (κ2) is 5.33. The number of imide groups is 1. The molecule has 3 fully saturated rings. The summed E-state index contributed by atoms with van der Waals surface area (Å²) in [5, 5.41) is 29.3. The predicted octanol–water partition coefficient (Wildman–Crippen LogP) is 1.26. The minimum Gasteiger partial charge on any atom is -0.361 e. The monoisotopic (exact) mass is 414 g/mol. The molecule has 0 radical (unpaired) electrons. The first kappa shape index (κ1) is 19.8. The molecule has 1 aromatic carbocycles. The average molecular weight is 414 g/mol. The van der Waals surface area contributed by atoms with E-state index in [0.717, 1.165) is 26.0 Å². The Labute approximate surface area is 161 Å². The lowest BCUT2D eigenvalue weighted by molar-refractivity contribution is -0.266. The van der Waals surface area contributed by atoms with Crippen molar-refractivity contribution in [3.63, 3.8) is 0 Å². The summed E-state index contributed by atoms with van der Waals surface area (Å²) >= 11 is 0. The van der Waals surface area contributed by atoms with E-state index in [0.29, 0.717) is 11.0 Å². The van der Waals surface area contributed by atoms with E-state index in [4.69, 9.17) is 10.00 Å². The lowest BCUT2D eigenvalue weighted by atomic mass is 9.65. The molecule has 2 amide bonds. The highest BCUT2D eigenvalue weighted by Gasteiger charge is 2.85. The number of halogens is 4. The van der Waals surface area contributed by atoms with Crippen molar-refractivity contribution in [3.05, 3.63) is 29.3 Å². The Bertz CT molecular complexity index is 1000. The van der Waals surface area contributed by atoms with Crippen LogP contribution in [-0.4, -0.2) is 45.2 Å². The highest BCUT2D eigenvalue weighted by atomic mass is 19.4. The van der Waals surface area contributed by atoms with Crippen molar-refractivity contribution in [2.75, 3.05) is 4.90 Å². The molecule has 4 rings (SSSR count). The van der Waals surface area contributed by atoms with Crippen LogP contribution in [0.15, 0.2) is 18.2 Å². The van der Waals surface area contributed by atoms with Gasteiger partial charge >= 0.3 is 6.18 Å². The Morgan fingerprint density at radius 2 is 1.76 bits per heavy atom. The SMILES string of the molecule is CC12OC(C)([C@@H]3C(=O)N(c4ccc(C#N)c(C(F)(F)F)c4)C(=O)[C@@H]31)C(O)(O)[C@H]2F. The number of hydrogen-bond acceptors (Lipinski definition) is 6. The highest BCUT2D eigenvalue weighted by molar-refractivity contribution is 6.23. The van der Waals surface area contributed by atoms with Crippen LogP contribution in [0.2, 0.25) is 0 Å². The first-order chi connectivity index (χ1) is 13.2. The van der Waals surface area contributed by atoms with Gasteiger partial charge < -0.3 is 14.9 Å². The molecule has 3 saturated heterocycles. The summed E-state index contributed by atoms with van der Waals surface area (Å²) in [6.45, 7) is 2.19. The van der Waals surface area contributed by atoms with Gasteiger partial charge in [0.25, 0.3) is 0 Å². The zero-order valence-electron chi connectivity index (χ0n) is 15.0. The van der Waals surface area contributed by atoms with Crippen LogP contribution >= 0.6 is 0 Å². The molecule has 0 aromatic heterocycles. The van der Waals surface area contributed by atoms with E-state index in [1.165, 1.54) is 6.07 Å². The molecule has 3 aliphatic rings. The van der Waals surface area contributed by atoms with Gasteiger partial charge in [0, 0.05) is 0 Å². The maximum atomic E-state index is 14.7. The third-order valence-corrected chi connectivity index (χ3v) is 6.22. The zero-order valence-corrected chi connectivity index (χ0v) is 15.0. The molecule has 0 spiro atoms. The van der Waals surface area contributed by atoms with Crippen LogP contribution < -0.4 is 4.90 Å². The molecular weight excluding hydrogens is 400 g/mol. The van der Waals surface area contributed by atoms with Crippen molar-refractivity contribution in [2.45, 2.75) is 43.2 Å². The summed E-state index contributed by atoms with van der Waals surface area (Å²) < 4.78 is 59.9. The quantitative estimate of drug-likeness (QED) is 0.407. The standard InChI is InChI=1S/C18H14F4N2O5/c1-15-10-11(16(2,29-15)17(27,28)14(15)19)13(26)24(12(10)25)8-4-3-7(6-23)9(5-8)18(20,21)22/h3-5,10-11,14,27-28H,1-2H3/t10-,11+,14+,15?,16?/m1/s1. The second-order valence-electron chi connectivity index (χ2n) is 7.79. The van der Waals surface area contributed by atoms with Gasteiger partial charge in [-0.25, -0.2) is 9.29 Å². The molecule has 5 atom stereocenters. The largest absolute Gasteiger partial charge is 0.417 e. The molecule has 1 aromatic rings. The Morgan fingerprint density at radius 1 is 1.17 bits per heavy atom. The number of carbonyl (C=O) groups is 2. The van der Waals surface area contributed by atoms with E-state index >= 15 is 0 Å². The number of ether oxygens (including phenoxy) is 1. The lowest BCUT2D eigenvalue weighted by Gasteiger charge is -2.40. The fraction of sp³-hybridized carbons (Fsp3) is 0.500. The highest BCUT2D eigenvalue weighted by Crippen LogP contribution is 2.64. The Kier molecular flexibility index (Phi) is 3.63. The van der Waals surface area contributed by atoms with E-state index in [9.17, 15) is 37.4 Å². The molecular formula is C18H14F4N2O5. The van der Waals surface area contributed by atoms with E-state index in [1.54, 1.807) is 0 Å². The molecule has 2 unspecified atom stereocenters. The zero-order chi connectivity index (χ0) is 21.7. The average Bonchev–Trinajstić information content (AvgIpc) is 3.09. The number of anilines is 1. The number of nitrogens with zero attached hydrogens (tertiary/aromatic N) is 2. The van der Waals surface area contributed by atoms with E-state index < -0.39 is 69.8 Å². The van der Waals surface area contributed by atoms with Gasteiger partial charge in [0.15, 0.2) is 6.17 Å². The molecule has 3 heterocycles. The summed E-state index contributed by atoms with van der Waals surface area (Å²) in [4.78, 5) is 26.4. The number of benzene rings is 1. The van der Waals surface area contributed by atoms with Crippen molar-refractivity contribution in [1.29, 1.82) is 5.26 Å². The van der Waals surface area contributed by atoms with Crippen LogP contribution in [0, 0.1) is 23.2 Å². The van der Waals surface area contributed by atoms with Crippen LogP contribution in [0.3, 0.4) is 0 Å². The minimum absolute atomic E-state index is 0.454. The molecule has 0 saturated carbocycles. The van der Waals surface area contributed by atoms with Crippen LogP contribution in [0.5, 0.6) is 0 Å². The molecule has 2 bridgehead atoms. The fourth-order valence-corrected chi connectivity index (χ4v) is 4.81. The maximum absolute atomic E-state index is 14.7. The summed E-state index contributed by atoms with van der Waals surface area (Å²) in [5.41, 5.74) is -6.72. The first-order valence-corrected chi connectivity index (χ1v) is 8.50.